The topological polar surface area (TPSA) is 60.4 Å². The Morgan fingerprint density at radius 3 is 1.40 bits per heavy atom. The van der Waals surface area contributed by atoms with Crippen LogP contribution in [0.25, 0.3) is 22.7 Å². The van der Waals surface area contributed by atoms with E-state index in [4.69, 9.17) is 8.83 Å². The first kappa shape index (κ1) is 12.7. The zero-order chi connectivity index (χ0) is 14.6. The molecule has 3 rings (SSSR count). The quantitative estimate of drug-likeness (QED) is 0.465. The van der Waals surface area contributed by atoms with E-state index in [1.165, 1.54) is 0 Å². The molecular formula is C16H14O4. The van der Waals surface area contributed by atoms with Crippen LogP contribution in [0.3, 0.4) is 0 Å². The molecular weight excluding hydrogens is 256 g/mol. The first-order chi connectivity index (χ1) is 9.41. The highest BCUT2D eigenvalue weighted by molar-refractivity contribution is 5.80. The second-order valence-corrected chi connectivity index (χ2v) is 5.13. The molecule has 1 aliphatic carbocycles. The zero-order valence-electron chi connectivity index (χ0n) is 11.8. The van der Waals surface area contributed by atoms with Gasteiger partial charge in [-0.1, -0.05) is 12.1 Å². The van der Waals surface area contributed by atoms with Gasteiger partial charge < -0.3 is 8.83 Å². The summed E-state index contributed by atoms with van der Waals surface area (Å²) >= 11 is 0. The summed E-state index contributed by atoms with van der Waals surface area (Å²) in [6.07, 6.45) is 0. The van der Waals surface area contributed by atoms with Crippen molar-refractivity contribution in [2.45, 2.75) is 27.7 Å². The van der Waals surface area contributed by atoms with Gasteiger partial charge in [0, 0.05) is 11.1 Å². The molecule has 0 bridgehead atoms. The number of benzene rings is 2. The summed E-state index contributed by atoms with van der Waals surface area (Å²) in [6, 6.07) is 3.87. The predicted octanol–water partition coefficient (Wildman–Crippen LogP) is 3.08. The van der Waals surface area contributed by atoms with Gasteiger partial charge in [0.15, 0.2) is 22.7 Å². The lowest BCUT2D eigenvalue weighted by Crippen LogP contribution is -2.29. The number of hydrogen-bond donors (Lipinski definition) is 0. The molecule has 0 spiro atoms. The van der Waals surface area contributed by atoms with Crippen LogP contribution in [0.1, 0.15) is 22.3 Å². The molecule has 1 heterocycles. The van der Waals surface area contributed by atoms with Gasteiger partial charge in [-0.05, 0) is 38.8 Å². The van der Waals surface area contributed by atoms with Crippen molar-refractivity contribution in [1.82, 2.24) is 0 Å². The van der Waals surface area contributed by atoms with Crippen molar-refractivity contribution >= 4 is 11.2 Å². The van der Waals surface area contributed by atoms with Gasteiger partial charge in [0.25, 0.3) is 0 Å². The molecule has 0 aromatic heterocycles. The molecule has 102 valence electrons. The summed E-state index contributed by atoms with van der Waals surface area (Å²) in [6.45, 7) is 6.99. The van der Waals surface area contributed by atoms with E-state index < -0.39 is 10.9 Å². The third kappa shape index (κ3) is 1.54. The van der Waals surface area contributed by atoms with Gasteiger partial charge in [0.05, 0.1) is 0 Å². The normalized spacial score (nSPS) is 11.4. The molecule has 0 atom stereocenters. The zero-order valence-corrected chi connectivity index (χ0v) is 11.8. The fourth-order valence-corrected chi connectivity index (χ4v) is 2.35. The summed E-state index contributed by atoms with van der Waals surface area (Å²) in [4.78, 5) is 23.8. The van der Waals surface area contributed by atoms with E-state index >= 15 is 0 Å². The highest BCUT2D eigenvalue weighted by atomic mass is 16.4. The highest BCUT2D eigenvalue weighted by Crippen LogP contribution is 2.33. The first-order valence-corrected chi connectivity index (χ1v) is 6.39. The Hall–Kier alpha value is -2.36. The summed E-state index contributed by atoms with van der Waals surface area (Å²) in [5.41, 5.74) is 2.59. The largest absolute Gasteiger partial charge is 0.449 e. The molecule has 0 amide bonds. The van der Waals surface area contributed by atoms with Crippen LogP contribution in [0.2, 0.25) is 0 Å². The van der Waals surface area contributed by atoms with Gasteiger partial charge in [0.2, 0.25) is 10.9 Å². The van der Waals surface area contributed by atoms with E-state index in [0.29, 0.717) is 33.8 Å². The van der Waals surface area contributed by atoms with Gasteiger partial charge in [-0.2, -0.15) is 0 Å². The van der Waals surface area contributed by atoms with Gasteiger partial charge in [-0.15, -0.1) is 0 Å². The number of hydrogen-bond acceptors (Lipinski definition) is 4. The molecule has 2 aliphatic rings. The second-order valence-electron chi connectivity index (χ2n) is 5.13. The van der Waals surface area contributed by atoms with Crippen LogP contribution in [0.4, 0.5) is 0 Å². The summed E-state index contributed by atoms with van der Waals surface area (Å²) < 4.78 is 11.7. The van der Waals surface area contributed by atoms with Gasteiger partial charge >= 0.3 is 0 Å². The van der Waals surface area contributed by atoms with Crippen molar-refractivity contribution in [3.63, 3.8) is 0 Å². The van der Waals surface area contributed by atoms with Crippen molar-refractivity contribution in [1.29, 1.82) is 0 Å². The molecule has 4 heteroatoms. The number of rotatable bonds is 0. The Kier molecular flexibility index (Phi) is 2.57. The maximum atomic E-state index is 11.9. The molecule has 4 nitrogen and oxygen atoms in total. The molecule has 0 saturated heterocycles. The maximum Gasteiger partial charge on any atom is 0.232 e. The summed E-state index contributed by atoms with van der Waals surface area (Å²) in [5, 5.41) is 0. The molecule has 0 unspecified atom stereocenters. The Labute approximate surface area is 115 Å². The lowest BCUT2D eigenvalue weighted by atomic mass is 10.0. The first-order valence-electron chi connectivity index (χ1n) is 6.39. The Morgan fingerprint density at radius 1 is 0.700 bits per heavy atom. The lowest BCUT2D eigenvalue weighted by molar-refractivity contribution is 0.512. The monoisotopic (exact) mass is 270 g/mol. The van der Waals surface area contributed by atoms with Crippen molar-refractivity contribution in [2.75, 3.05) is 0 Å². The van der Waals surface area contributed by atoms with E-state index in [1.807, 2.05) is 26.0 Å². The van der Waals surface area contributed by atoms with Crippen molar-refractivity contribution < 1.29 is 8.83 Å². The van der Waals surface area contributed by atoms with E-state index in [2.05, 4.69) is 0 Å². The fraction of sp³-hybridized carbons (Fsp3) is 0.250. The van der Waals surface area contributed by atoms with Crippen LogP contribution in [0.5, 0.6) is 0 Å². The van der Waals surface area contributed by atoms with E-state index in [0.717, 1.165) is 11.1 Å². The van der Waals surface area contributed by atoms with Crippen LogP contribution >= 0.6 is 0 Å². The van der Waals surface area contributed by atoms with Crippen molar-refractivity contribution in [3.05, 3.63) is 54.8 Å². The standard InChI is InChI=1S/C16H14O4/c1-7-5-6-8(2)14-13(7)19-15-9(3)11(17)12(18)10(4)16(15)20-14/h5-6H,1-4H3. The average Bonchev–Trinajstić information content (AvgIpc) is 2.45. The lowest BCUT2D eigenvalue weighted by Gasteiger charge is -2.12. The highest BCUT2D eigenvalue weighted by Gasteiger charge is 2.22. The number of fused-ring (bicyclic) bond motifs is 2. The molecule has 0 N–H and O–H groups in total. The fourth-order valence-electron chi connectivity index (χ4n) is 2.35. The van der Waals surface area contributed by atoms with Crippen LogP contribution in [0.15, 0.2) is 30.6 Å². The van der Waals surface area contributed by atoms with Crippen LogP contribution < -0.4 is 10.9 Å². The van der Waals surface area contributed by atoms with E-state index in [1.54, 1.807) is 13.8 Å². The minimum absolute atomic E-state index is 0.294. The van der Waals surface area contributed by atoms with E-state index in [-0.39, 0.29) is 0 Å². The molecule has 1 aliphatic heterocycles. The molecule has 0 radical (unpaired) electrons. The Balaban J connectivity index is 2.66. The maximum absolute atomic E-state index is 11.9. The predicted molar refractivity (Wildman–Crippen MR) is 76.6 cm³/mol. The van der Waals surface area contributed by atoms with Crippen LogP contribution in [0, 0.1) is 27.7 Å². The van der Waals surface area contributed by atoms with Gasteiger partial charge in [-0.25, -0.2) is 0 Å². The smallest absolute Gasteiger partial charge is 0.232 e. The minimum atomic E-state index is -0.529. The van der Waals surface area contributed by atoms with Gasteiger partial charge in [-0.3, -0.25) is 9.59 Å². The minimum Gasteiger partial charge on any atom is -0.449 e. The molecule has 1 aromatic rings. The molecule has 1 aromatic carbocycles. The van der Waals surface area contributed by atoms with Crippen molar-refractivity contribution in [3.8, 4) is 11.5 Å². The van der Waals surface area contributed by atoms with Crippen molar-refractivity contribution in [2.24, 2.45) is 0 Å². The molecule has 0 saturated carbocycles. The third-order valence-corrected chi connectivity index (χ3v) is 3.69. The Morgan fingerprint density at radius 2 is 1.05 bits per heavy atom. The van der Waals surface area contributed by atoms with Crippen LogP contribution in [-0.2, 0) is 0 Å². The third-order valence-electron chi connectivity index (χ3n) is 3.69. The summed E-state index contributed by atoms with van der Waals surface area (Å²) in [7, 11) is 0. The van der Waals surface area contributed by atoms with Gasteiger partial charge in [0.1, 0.15) is 0 Å². The van der Waals surface area contributed by atoms with E-state index in [9.17, 15) is 9.59 Å². The SMILES string of the molecule is Cc1c2oc3c(C)ccc(C)c3oc-2c(C)c(=O)c1=O. The Bertz CT molecular complexity index is 851. The summed E-state index contributed by atoms with van der Waals surface area (Å²) in [5.74, 6) is 0.710. The average molecular weight is 270 g/mol. The van der Waals surface area contributed by atoms with Crippen LogP contribution in [-0.4, -0.2) is 0 Å². The molecule has 20 heavy (non-hydrogen) atoms. The second kappa shape index (κ2) is 4.07. The number of aryl methyl sites for hydroxylation is 2. The molecule has 0 fully saturated rings.